The molecule has 0 amide bonds. The van der Waals surface area contributed by atoms with E-state index in [1.807, 2.05) is 6.92 Å². The fraction of sp³-hybridized carbons (Fsp3) is 0.786. The van der Waals surface area contributed by atoms with Gasteiger partial charge in [-0.05, 0) is 13.0 Å². The summed E-state index contributed by atoms with van der Waals surface area (Å²) in [6.07, 6.45) is 0.594. The quantitative estimate of drug-likeness (QED) is 0.165. The molecule has 0 aromatic heterocycles. The van der Waals surface area contributed by atoms with Gasteiger partial charge in [0.1, 0.15) is 6.61 Å². The van der Waals surface area contributed by atoms with Crippen LogP contribution in [0.15, 0.2) is 12.3 Å². The third-order valence-corrected chi connectivity index (χ3v) is 3.55. The van der Waals surface area contributed by atoms with E-state index in [1.54, 1.807) is 0 Å². The molecule has 0 bridgehead atoms. The molecule has 23 heavy (non-hydrogen) atoms. The lowest BCUT2D eigenvalue weighted by atomic mass is 9.88. The van der Waals surface area contributed by atoms with Crippen LogP contribution in [0.3, 0.4) is 0 Å². The maximum atomic E-state index is 10.3. The van der Waals surface area contributed by atoms with E-state index in [2.05, 4.69) is 11.3 Å². The Hall–Kier alpha value is -1.23. The number of carboxylic acid groups (broad SMARTS) is 1. The molecule has 0 aliphatic carbocycles. The molecule has 0 aromatic carbocycles. The van der Waals surface area contributed by atoms with Gasteiger partial charge in [-0.1, -0.05) is 6.92 Å². The largest absolute Gasteiger partial charge is 0.486 e. The van der Waals surface area contributed by atoms with Crippen LogP contribution < -0.4 is 0 Å². The molecule has 0 heterocycles. The van der Waals surface area contributed by atoms with Gasteiger partial charge in [0.05, 0.1) is 45.1 Å². The second-order valence-corrected chi connectivity index (χ2v) is 5.32. The van der Waals surface area contributed by atoms with Gasteiger partial charge in [0.25, 0.3) is 0 Å². The minimum Gasteiger partial charge on any atom is -0.486 e. The molecule has 9 heteroatoms. The average molecular weight is 340 g/mol. The second-order valence-electron chi connectivity index (χ2n) is 5.32. The highest BCUT2D eigenvalue weighted by Crippen LogP contribution is 2.18. The Morgan fingerprint density at radius 1 is 0.870 bits per heavy atom. The number of carbonyl (C=O) groups is 1. The number of aliphatic hydroxyl groups excluding tert-OH is 6. The molecule has 0 atom stereocenters. The minimum atomic E-state index is -1.33. The van der Waals surface area contributed by atoms with Crippen LogP contribution in [0.4, 0.5) is 0 Å². The molecule has 0 saturated heterocycles. The Bertz CT molecular complexity index is 309. The summed E-state index contributed by atoms with van der Waals surface area (Å²) in [4.78, 5) is 10.3. The monoisotopic (exact) mass is 340 g/mol. The van der Waals surface area contributed by atoms with Crippen molar-refractivity contribution in [1.29, 1.82) is 0 Å². The maximum Gasteiger partial charge on any atom is 0.370 e. The maximum absolute atomic E-state index is 10.3. The van der Waals surface area contributed by atoms with Gasteiger partial charge in [0.15, 0.2) is 5.76 Å². The van der Waals surface area contributed by atoms with Gasteiger partial charge in [-0.3, -0.25) is 0 Å². The average Bonchev–Trinajstić information content (AvgIpc) is 2.59. The third kappa shape index (κ3) is 8.26. The standard InChI is InChI=1S/C8H14O6.C6H14O3/c1-6(7(12)13)14-5-8(2-9,3-10)4-11;1-2-6(3-7,4-8)5-9/h9-11H,1-5H2,(H,12,13);7-9H,2-5H2,1H3. The smallest absolute Gasteiger partial charge is 0.370 e. The van der Waals surface area contributed by atoms with Crippen molar-refractivity contribution < 1.29 is 45.3 Å². The molecule has 0 aliphatic rings. The van der Waals surface area contributed by atoms with Gasteiger partial charge in [-0.25, -0.2) is 4.79 Å². The number of aliphatic hydroxyl groups is 6. The number of aliphatic carboxylic acids is 1. The first-order valence-electron chi connectivity index (χ1n) is 6.96. The summed E-state index contributed by atoms with van der Waals surface area (Å²) in [7, 11) is 0. The van der Waals surface area contributed by atoms with Crippen LogP contribution in [0, 0.1) is 10.8 Å². The molecule has 0 radical (unpaired) electrons. The first-order chi connectivity index (χ1) is 10.8. The van der Waals surface area contributed by atoms with Gasteiger partial charge in [-0.2, -0.15) is 0 Å². The molecule has 0 saturated carbocycles. The van der Waals surface area contributed by atoms with E-state index in [0.717, 1.165) is 0 Å². The number of hydrogen-bond acceptors (Lipinski definition) is 8. The van der Waals surface area contributed by atoms with E-state index in [9.17, 15) is 4.79 Å². The van der Waals surface area contributed by atoms with Crippen molar-refractivity contribution in [3.8, 4) is 0 Å². The van der Waals surface area contributed by atoms with Crippen LogP contribution in [-0.4, -0.2) is 88.0 Å². The minimum absolute atomic E-state index is 0.156. The third-order valence-electron chi connectivity index (χ3n) is 3.55. The van der Waals surface area contributed by atoms with E-state index in [0.29, 0.717) is 6.42 Å². The zero-order chi connectivity index (χ0) is 18.5. The fourth-order valence-corrected chi connectivity index (χ4v) is 1.07. The first-order valence-corrected chi connectivity index (χ1v) is 6.96. The highest BCUT2D eigenvalue weighted by atomic mass is 16.5. The van der Waals surface area contributed by atoms with Crippen molar-refractivity contribution in [1.82, 2.24) is 0 Å². The zero-order valence-corrected chi connectivity index (χ0v) is 13.3. The topological polar surface area (TPSA) is 168 Å². The van der Waals surface area contributed by atoms with Crippen LogP contribution in [0.1, 0.15) is 13.3 Å². The van der Waals surface area contributed by atoms with Gasteiger partial charge < -0.3 is 40.5 Å². The first kappa shape index (κ1) is 24.0. The predicted molar refractivity (Wildman–Crippen MR) is 80.4 cm³/mol. The van der Waals surface area contributed by atoms with Crippen molar-refractivity contribution in [3.63, 3.8) is 0 Å². The van der Waals surface area contributed by atoms with Gasteiger partial charge >= 0.3 is 5.97 Å². The molecular formula is C14H28O9. The number of hydrogen-bond donors (Lipinski definition) is 7. The van der Waals surface area contributed by atoms with Gasteiger partial charge in [-0.15, -0.1) is 0 Å². The van der Waals surface area contributed by atoms with E-state index in [1.165, 1.54) is 0 Å². The SMILES string of the molecule is C=C(OCC(CO)(CO)CO)C(=O)O.CCC(CO)(CO)CO. The van der Waals surface area contributed by atoms with Crippen LogP contribution in [0.2, 0.25) is 0 Å². The molecule has 0 unspecified atom stereocenters. The second kappa shape index (κ2) is 12.2. The van der Waals surface area contributed by atoms with Crippen molar-refractivity contribution in [2.24, 2.45) is 10.8 Å². The molecule has 0 spiro atoms. The summed E-state index contributed by atoms with van der Waals surface area (Å²) >= 11 is 0. The molecular weight excluding hydrogens is 312 g/mol. The Morgan fingerprint density at radius 2 is 1.22 bits per heavy atom. The summed E-state index contributed by atoms with van der Waals surface area (Å²) in [5.74, 6) is -1.82. The Kier molecular flexibility index (Phi) is 12.8. The van der Waals surface area contributed by atoms with E-state index in [-0.39, 0.29) is 26.4 Å². The molecule has 7 N–H and O–H groups in total. The molecule has 0 aromatic rings. The fourth-order valence-electron chi connectivity index (χ4n) is 1.07. The Morgan fingerprint density at radius 3 is 1.39 bits per heavy atom. The molecule has 9 nitrogen and oxygen atoms in total. The van der Waals surface area contributed by atoms with Crippen molar-refractivity contribution in [3.05, 3.63) is 12.3 Å². The summed E-state index contributed by atoms with van der Waals surface area (Å²) in [6, 6.07) is 0. The van der Waals surface area contributed by atoms with Crippen LogP contribution in [0.5, 0.6) is 0 Å². The lowest BCUT2D eigenvalue weighted by molar-refractivity contribution is -0.138. The van der Waals surface area contributed by atoms with E-state index in [4.69, 9.17) is 35.7 Å². The predicted octanol–water partition coefficient (Wildman–Crippen LogP) is -2.08. The number of ether oxygens (including phenoxy) is 1. The lowest BCUT2D eigenvalue weighted by Gasteiger charge is -2.26. The Balaban J connectivity index is 0. The summed E-state index contributed by atoms with van der Waals surface area (Å²) in [6.45, 7) is 2.62. The van der Waals surface area contributed by atoms with Crippen LogP contribution in [0.25, 0.3) is 0 Å². The number of carboxylic acids is 1. The van der Waals surface area contributed by atoms with Crippen molar-refractivity contribution in [2.75, 3.05) is 46.2 Å². The lowest BCUT2D eigenvalue weighted by Crippen LogP contribution is -2.38. The summed E-state index contributed by atoms with van der Waals surface area (Å²) in [5, 5.41) is 60.9. The normalized spacial score (nSPS) is 11.4. The summed E-state index contributed by atoms with van der Waals surface area (Å²) < 4.78 is 4.67. The Labute approximate surface area is 135 Å². The van der Waals surface area contributed by atoms with Gasteiger partial charge in [0, 0.05) is 5.41 Å². The van der Waals surface area contributed by atoms with E-state index >= 15 is 0 Å². The summed E-state index contributed by atoms with van der Waals surface area (Å²) in [5.41, 5.74) is -1.90. The zero-order valence-electron chi connectivity index (χ0n) is 13.3. The molecule has 138 valence electrons. The highest BCUT2D eigenvalue weighted by Gasteiger charge is 2.30. The van der Waals surface area contributed by atoms with Gasteiger partial charge in [0.2, 0.25) is 0 Å². The van der Waals surface area contributed by atoms with Crippen molar-refractivity contribution in [2.45, 2.75) is 13.3 Å². The molecule has 0 fully saturated rings. The van der Waals surface area contributed by atoms with Crippen molar-refractivity contribution >= 4 is 5.97 Å². The van der Waals surface area contributed by atoms with E-state index < -0.39 is 42.4 Å². The number of rotatable bonds is 11. The van der Waals surface area contributed by atoms with Crippen LogP contribution >= 0.6 is 0 Å². The highest BCUT2D eigenvalue weighted by molar-refractivity contribution is 5.83. The van der Waals surface area contributed by atoms with Crippen LogP contribution in [-0.2, 0) is 9.53 Å². The molecule has 0 aliphatic heterocycles. The molecule has 0 rings (SSSR count).